The summed E-state index contributed by atoms with van der Waals surface area (Å²) in [5.74, 6) is 1.90. The minimum Gasteiger partial charge on any atom is -0.393 e. The van der Waals surface area contributed by atoms with Gasteiger partial charge in [0.2, 0.25) is 0 Å². The molecule has 3 heteroatoms. The van der Waals surface area contributed by atoms with Crippen LogP contribution in [-0.4, -0.2) is 22.2 Å². The molecule has 0 saturated heterocycles. The number of aliphatic hydroxyl groups is 1. The summed E-state index contributed by atoms with van der Waals surface area (Å²) in [5, 5.41) is 13.2. The minimum absolute atomic E-state index is 0.0618. The van der Waals surface area contributed by atoms with Crippen molar-refractivity contribution in [2.45, 2.75) is 51.2 Å². The van der Waals surface area contributed by atoms with E-state index in [2.05, 4.69) is 36.3 Å². The van der Waals surface area contributed by atoms with Crippen molar-refractivity contribution in [2.24, 2.45) is 11.8 Å². The fraction of sp³-hybridized carbons (Fsp3) is 0.667. The lowest BCUT2D eigenvalue weighted by Crippen LogP contribution is -2.43. The molecule has 0 spiro atoms. The summed E-state index contributed by atoms with van der Waals surface area (Å²) >= 11 is 0. The number of aromatic nitrogens is 1. The molecule has 2 saturated carbocycles. The Kier molecular flexibility index (Phi) is 3.02. The molecule has 18 heavy (non-hydrogen) atoms. The number of pyridine rings is 1. The summed E-state index contributed by atoms with van der Waals surface area (Å²) in [4.78, 5) is 4.48. The monoisotopic (exact) mass is 246 g/mol. The van der Waals surface area contributed by atoms with E-state index in [4.69, 9.17) is 0 Å². The normalized spacial score (nSPS) is 34.2. The number of anilines is 1. The van der Waals surface area contributed by atoms with Gasteiger partial charge in [-0.2, -0.15) is 0 Å². The SMILES string of the molecule is CC(C)c1ccc(NC2C[C@@H]3C[C@@H](O)CC23)cn1. The largest absolute Gasteiger partial charge is 0.393 e. The molecule has 2 aliphatic rings. The number of aliphatic hydroxyl groups excluding tert-OH is 1. The maximum atomic E-state index is 9.65. The van der Waals surface area contributed by atoms with E-state index < -0.39 is 0 Å². The standard InChI is InChI=1S/C15H22N2O/c1-9(2)14-4-3-11(8-16-14)17-15-6-10-5-12(18)7-13(10)15/h3-4,8-10,12-13,15,17-18H,5-7H2,1-2H3/t10-,12+,13?,15?/m0/s1. The van der Waals surface area contributed by atoms with Gasteiger partial charge < -0.3 is 10.4 Å². The van der Waals surface area contributed by atoms with Gasteiger partial charge in [0, 0.05) is 11.7 Å². The molecule has 0 radical (unpaired) electrons. The van der Waals surface area contributed by atoms with E-state index in [0.717, 1.165) is 30.1 Å². The van der Waals surface area contributed by atoms with Gasteiger partial charge in [0.1, 0.15) is 0 Å². The lowest BCUT2D eigenvalue weighted by molar-refractivity contribution is 0.178. The molecule has 4 atom stereocenters. The van der Waals surface area contributed by atoms with Crippen molar-refractivity contribution in [1.29, 1.82) is 0 Å². The molecule has 0 aromatic carbocycles. The van der Waals surface area contributed by atoms with Crippen molar-refractivity contribution in [3.8, 4) is 0 Å². The lowest BCUT2D eigenvalue weighted by atomic mass is 9.71. The van der Waals surface area contributed by atoms with Gasteiger partial charge in [-0.15, -0.1) is 0 Å². The Morgan fingerprint density at radius 1 is 1.28 bits per heavy atom. The number of hydrogen-bond donors (Lipinski definition) is 2. The van der Waals surface area contributed by atoms with Crippen LogP contribution in [0.5, 0.6) is 0 Å². The number of hydrogen-bond acceptors (Lipinski definition) is 3. The fourth-order valence-electron chi connectivity index (χ4n) is 3.41. The topological polar surface area (TPSA) is 45.1 Å². The Labute approximate surface area is 109 Å². The molecule has 1 aromatic heterocycles. The van der Waals surface area contributed by atoms with Crippen LogP contribution in [0.4, 0.5) is 5.69 Å². The number of nitrogens with zero attached hydrogens (tertiary/aromatic N) is 1. The van der Waals surface area contributed by atoms with Gasteiger partial charge >= 0.3 is 0 Å². The van der Waals surface area contributed by atoms with Gasteiger partial charge in [-0.25, -0.2) is 0 Å². The summed E-state index contributed by atoms with van der Waals surface area (Å²) in [7, 11) is 0. The van der Waals surface area contributed by atoms with Crippen molar-refractivity contribution < 1.29 is 5.11 Å². The van der Waals surface area contributed by atoms with Gasteiger partial charge in [-0.1, -0.05) is 13.8 Å². The van der Waals surface area contributed by atoms with E-state index in [1.165, 1.54) is 6.42 Å². The molecule has 0 amide bonds. The van der Waals surface area contributed by atoms with Crippen molar-refractivity contribution in [3.05, 3.63) is 24.0 Å². The summed E-state index contributed by atoms with van der Waals surface area (Å²) in [6, 6.07) is 4.77. The van der Waals surface area contributed by atoms with Crippen LogP contribution < -0.4 is 5.32 Å². The van der Waals surface area contributed by atoms with E-state index in [0.29, 0.717) is 17.9 Å². The van der Waals surface area contributed by atoms with Gasteiger partial charge in [-0.05, 0) is 49.1 Å². The first kappa shape index (κ1) is 12.0. The van der Waals surface area contributed by atoms with E-state index in [9.17, 15) is 5.11 Å². The van der Waals surface area contributed by atoms with E-state index in [1.807, 2.05) is 6.20 Å². The zero-order chi connectivity index (χ0) is 12.7. The summed E-state index contributed by atoms with van der Waals surface area (Å²) < 4.78 is 0. The highest BCUT2D eigenvalue weighted by Gasteiger charge is 2.47. The number of rotatable bonds is 3. The van der Waals surface area contributed by atoms with Crippen molar-refractivity contribution in [3.63, 3.8) is 0 Å². The Morgan fingerprint density at radius 3 is 2.72 bits per heavy atom. The Balaban J connectivity index is 1.60. The molecule has 0 aliphatic heterocycles. The van der Waals surface area contributed by atoms with Crippen LogP contribution in [0, 0.1) is 11.8 Å². The van der Waals surface area contributed by atoms with Gasteiger partial charge in [0.25, 0.3) is 0 Å². The molecular formula is C15H22N2O. The third-order valence-corrected chi connectivity index (χ3v) is 4.53. The van der Waals surface area contributed by atoms with Crippen LogP contribution in [0.2, 0.25) is 0 Å². The third-order valence-electron chi connectivity index (χ3n) is 4.53. The second-order valence-corrected chi connectivity index (χ2v) is 6.16. The summed E-state index contributed by atoms with van der Waals surface area (Å²) in [5.41, 5.74) is 2.26. The average molecular weight is 246 g/mol. The van der Waals surface area contributed by atoms with Crippen LogP contribution >= 0.6 is 0 Å². The van der Waals surface area contributed by atoms with Gasteiger partial charge in [-0.3, -0.25) is 4.98 Å². The third kappa shape index (κ3) is 2.12. The molecule has 2 unspecified atom stereocenters. The first-order valence-electron chi connectivity index (χ1n) is 7.04. The molecule has 1 heterocycles. The second kappa shape index (κ2) is 4.54. The van der Waals surface area contributed by atoms with Crippen LogP contribution in [0.15, 0.2) is 18.3 Å². The molecule has 98 valence electrons. The molecule has 3 nitrogen and oxygen atoms in total. The van der Waals surface area contributed by atoms with Crippen LogP contribution in [0.1, 0.15) is 44.7 Å². The van der Waals surface area contributed by atoms with Crippen molar-refractivity contribution >= 4 is 5.69 Å². The molecule has 1 aromatic rings. The van der Waals surface area contributed by atoms with Crippen molar-refractivity contribution in [2.75, 3.05) is 5.32 Å². The average Bonchev–Trinajstić information content (AvgIpc) is 2.63. The molecule has 3 rings (SSSR count). The fourth-order valence-corrected chi connectivity index (χ4v) is 3.41. The summed E-state index contributed by atoms with van der Waals surface area (Å²) in [6.07, 6.45) is 5.06. The number of nitrogens with one attached hydrogen (secondary N) is 1. The zero-order valence-electron chi connectivity index (χ0n) is 11.1. The van der Waals surface area contributed by atoms with Crippen molar-refractivity contribution in [1.82, 2.24) is 4.98 Å². The highest BCUT2D eigenvalue weighted by Crippen LogP contribution is 2.48. The molecular weight excluding hydrogens is 224 g/mol. The molecule has 2 aliphatic carbocycles. The molecule has 2 N–H and O–H groups in total. The van der Waals surface area contributed by atoms with Gasteiger partial charge in [0.15, 0.2) is 0 Å². The van der Waals surface area contributed by atoms with Gasteiger partial charge in [0.05, 0.1) is 18.0 Å². The quantitative estimate of drug-likeness (QED) is 0.862. The van der Waals surface area contributed by atoms with E-state index in [-0.39, 0.29) is 6.10 Å². The highest BCUT2D eigenvalue weighted by molar-refractivity contribution is 5.43. The van der Waals surface area contributed by atoms with Crippen LogP contribution in [-0.2, 0) is 0 Å². The van der Waals surface area contributed by atoms with E-state index >= 15 is 0 Å². The maximum absolute atomic E-state index is 9.65. The predicted octanol–water partition coefficient (Wildman–Crippen LogP) is 2.78. The second-order valence-electron chi connectivity index (χ2n) is 6.16. The smallest absolute Gasteiger partial charge is 0.0546 e. The summed E-state index contributed by atoms with van der Waals surface area (Å²) in [6.45, 7) is 4.32. The zero-order valence-corrected chi connectivity index (χ0v) is 11.1. The van der Waals surface area contributed by atoms with Crippen LogP contribution in [0.3, 0.4) is 0 Å². The molecule has 0 bridgehead atoms. The number of fused-ring (bicyclic) bond motifs is 1. The maximum Gasteiger partial charge on any atom is 0.0546 e. The Bertz CT molecular complexity index is 415. The highest BCUT2D eigenvalue weighted by atomic mass is 16.3. The first-order valence-corrected chi connectivity index (χ1v) is 7.04. The Morgan fingerprint density at radius 2 is 2.11 bits per heavy atom. The lowest BCUT2D eigenvalue weighted by Gasteiger charge is -2.41. The Hall–Kier alpha value is -1.09. The predicted molar refractivity (Wildman–Crippen MR) is 72.6 cm³/mol. The minimum atomic E-state index is -0.0618. The van der Waals surface area contributed by atoms with E-state index in [1.54, 1.807) is 0 Å². The first-order chi connectivity index (χ1) is 8.63. The van der Waals surface area contributed by atoms with Crippen LogP contribution in [0.25, 0.3) is 0 Å². The molecule has 2 fully saturated rings.